The maximum Gasteiger partial charge on any atom is 0.304 e. The van der Waals surface area contributed by atoms with Gasteiger partial charge in [0.05, 0.1) is 24.2 Å². The van der Waals surface area contributed by atoms with Crippen LogP contribution in [0.15, 0.2) is 17.0 Å². The van der Waals surface area contributed by atoms with Crippen molar-refractivity contribution in [2.24, 2.45) is 0 Å². The first-order valence-corrected chi connectivity index (χ1v) is 12.5. The first-order chi connectivity index (χ1) is 14.2. The number of sulfone groups is 1. The van der Waals surface area contributed by atoms with Gasteiger partial charge in [0.2, 0.25) is 0 Å². The van der Waals surface area contributed by atoms with Gasteiger partial charge in [-0.2, -0.15) is 0 Å². The highest BCUT2D eigenvalue weighted by Crippen LogP contribution is 2.34. The van der Waals surface area contributed by atoms with Gasteiger partial charge in [0.1, 0.15) is 5.75 Å². The summed E-state index contributed by atoms with van der Waals surface area (Å²) in [4.78, 5) is 11.4. The van der Waals surface area contributed by atoms with E-state index in [4.69, 9.17) is 9.84 Å². The molecule has 0 spiro atoms. The summed E-state index contributed by atoms with van der Waals surface area (Å²) in [6.45, 7) is 6.90. The minimum atomic E-state index is -3.48. The molecular formula is C22H36N2O5S. The van der Waals surface area contributed by atoms with E-state index in [1.165, 1.54) is 0 Å². The Bertz CT molecular complexity index is 840. The van der Waals surface area contributed by atoms with Crippen molar-refractivity contribution in [2.75, 3.05) is 12.9 Å². The molecule has 170 valence electrons. The molecule has 1 aliphatic heterocycles. The molecule has 0 aromatic heterocycles. The lowest BCUT2D eigenvalue weighted by molar-refractivity contribution is -0.137. The molecule has 2 atom stereocenters. The van der Waals surface area contributed by atoms with Crippen molar-refractivity contribution < 1.29 is 23.1 Å². The van der Waals surface area contributed by atoms with E-state index >= 15 is 0 Å². The fraction of sp³-hybridized carbons (Fsp3) is 0.682. The Hall–Kier alpha value is -1.64. The van der Waals surface area contributed by atoms with Crippen LogP contribution in [0.5, 0.6) is 5.75 Å². The molecule has 30 heavy (non-hydrogen) atoms. The van der Waals surface area contributed by atoms with Crippen molar-refractivity contribution in [3.63, 3.8) is 0 Å². The SMILES string of the molecule is CCCC[C@]1(CC)CS(=O)(=O)c2cc(CNC(CC)CC(=O)O)c(OC)cc2CN1. The highest BCUT2D eigenvalue weighted by Gasteiger charge is 2.38. The number of rotatable bonds is 11. The molecular weight excluding hydrogens is 404 g/mol. The zero-order valence-corrected chi connectivity index (χ0v) is 19.4. The van der Waals surface area contributed by atoms with E-state index in [-0.39, 0.29) is 18.2 Å². The lowest BCUT2D eigenvalue weighted by Crippen LogP contribution is -2.48. The van der Waals surface area contributed by atoms with Gasteiger partial charge in [-0.3, -0.25) is 4.79 Å². The first kappa shape index (κ1) is 24.6. The van der Waals surface area contributed by atoms with Crippen LogP contribution in [-0.4, -0.2) is 43.9 Å². The van der Waals surface area contributed by atoms with Crippen LogP contribution in [0.3, 0.4) is 0 Å². The van der Waals surface area contributed by atoms with Gasteiger partial charge >= 0.3 is 5.97 Å². The molecule has 1 aromatic carbocycles. The van der Waals surface area contributed by atoms with Crippen LogP contribution in [0.2, 0.25) is 0 Å². The fourth-order valence-electron chi connectivity index (χ4n) is 4.08. The van der Waals surface area contributed by atoms with E-state index in [1.807, 2.05) is 13.8 Å². The number of methoxy groups -OCH3 is 1. The lowest BCUT2D eigenvalue weighted by Gasteiger charge is -2.32. The molecule has 0 amide bonds. The zero-order chi connectivity index (χ0) is 22.4. The third-order valence-electron chi connectivity index (χ3n) is 6.10. The number of ether oxygens (including phenoxy) is 1. The number of unbranched alkanes of at least 4 members (excludes halogenated alkanes) is 1. The fourth-order valence-corrected chi connectivity index (χ4v) is 6.27. The number of carboxylic acids is 1. The predicted molar refractivity (Wildman–Crippen MR) is 118 cm³/mol. The number of fused-ring (bicyclic) bond motifs is 1. The maximum absolute atomic E-state index is 13.3. The molecule has 1 unspecified atom stereocenters. The Morgan fingerprint density at radius 1 is 1.33 bits per heavy atom. The third-order valence-corrected chi connectivity index (χ3v) is 8.08. The first-order valence-electron chi connectivity index (χ1n) is 10.8. The van der Waals surface area contributed by atoms with Gasteiger partial charge < -0.3 is 20.5 Å². The summed E-state index contributed by atoms with van der Waals surface area (Å²) in [5, 5.41) is 15.8. The monoisotopic (exact) mass is 440 g/mol. The maximum atomic E-state index is 13.3. The highest BCUT2D eigenvalue weighted by molar-refractivity contribution is 7.91. The molecule has 1 aromatic rings. The molecule has 0 bridgehead atoms. The average Bonchev–Trinajstić information content (AvgIpc) is 2.82. The van der Waals surface area contributed by atoms with Gasteiger partial charge in [0.25, 0.3) is 0 Å². The van der Waals surface area contributed by atoms with E-state index in [2.05, 4.69) is 17.6 Å². The van der Waals surface area contributed by atoms with Crippen molar-refractivity contribution in [1.82, 2.24) is 10.6 Å². The molecule has 1 heterocycles. The molecule has 0 saturated carbocycles. The van der Waals surface area contributed by atoms with Gasteiger partial charge in [-0.25, -0.2) is 8.42 Å². The standard InChI is InChI=1S/C22H36N2O5S/c1-5-8-9-22(7-3)15-30(27,28)20-11-16(13-23-18(6-2)12-21(25)26)19(29-4)10-17(20)14-24-22/h10-11,18,23-24H,5-9,12-15H2,1-4H3,(H,25,26)/t18?,22-/m1/s1. The van der Waals surface area contributed by atoms with Crippen molar-refractivity contribution >= 4 is 15.8 Å². The van der Waals surface area contributed by atoms with E-state index in [0.29, 0.717) is 30.2 Å². The quantitative estimate of drug-likeness (QED) is 0.485. The second kappa shape index (κ2) is 10.6. The van der Waals surface area contributed by atoms with Crippen LogP contribution in [-0.2, 0) is 27.7 Å². The highest BCUT2D eigenvalue weighted by atomic mass is 32.2. The molecule has 2 rings (SSSR count). The Morgan fingerprint density at radius 2 is 2.07 bits per heavy atom. The summed E-state index contributed by atoms with van der Waals surface area (Å²) in [6.07, 6.45) is 4.26. The van der Waals surface area contributed by atoms with Crippen molar-refractivity contribution in [3.05, 3.63) is 23.3 Å². The van der Waals surface area contributed by atoms with Gasteiger partial charge in [-0.15, -0.1) is 0 Å². The second-order valence-corrected chi connectivity index (χ2v) is 10.2. The summed E-state index contributed by atoms with van der Waals surface area (Å²) < 4.78 is 32.2. The smallest absolute Gasteiger partial charge is 0.304 e. The largest absolute Gasteiger partial charge is 0.496 e. The minimum Gasteiger partial charge on any atom is -0.496 e. The van der Waals surface area contributed by atoms with Crippen LogP contribution >= 0.6 is 0 Å². The van der Waals surface area contributed by atoms with E-state index < -0.39 is 21.3 Å². The Kier molecular flexibility index (Phi) is 8.70. The molecule has 0 saturated heterocycles. The topological polar surface area (TPSA) is 105 Å². The summed E-state index contributed by atoms with van der Waals surface area (Å²) in [6, 6.07) is 3.32. The summed E-state index contributed by atoms with van der Waals surface area (Å²) in [5.41, 5.74) is 1.02. The van der Waals surface area contributed by atoms with Crippen molar-refractivity contribution in [1.29, 1.82) is 0 Å². The van der Waals surface area contributed by atoms with Gasteiger partial charge in [0, 0.05) is 30.2 Å². The van der Waals surface area contributed by atoms with Crippen LogP contribution in [0.1, 0.15) is 70.4 Å². The number of nitrogens with one attached hydrogen (secondary N) is 2. The molecule has 0 aliphatic carbocycles. The lowest BCUT2D eigenvalue weighted by atomic mass is 9.91. The summed E-state index contributed by atoms with van der Waals surface area (Å²) in [5.74, 6) is -0.167. The third kappa shape index (κ3) is 5.95. The molecule has 0 radical (unpaired) electrons. The average molecular weight is 441 g/mol. The van der Waals surface area contributed by atoms with Crippen LogP contribution in [0, 0.1) is 0 Å². The summed E-state index contributed by atoms with van der Waals surface area (Å²) in [7, 11) is -1.91. The van der Waals surface area contributed by atoms with Gasteiger partial charge in [-0.1, -0.05) is 33.6 Å². The van der Waals surface area contributed by atoms with Crippen molar-refractivity contribution in [3.8, 4) is 5.75 Å². The van der Waals surface area contributed by atoms with Crippen LogP contribution < -0.4 is 15.4 Å². The second-order valence-electron chi connectivity index (χ2n) is 8.21. The number of carboxylic acid groups (broad SMARTS) is 1. The van der Waals surface area contributed by atoms with Crippen molar-refractivity contribution in [2.45, 2.75) is 88.9 Å². The van der Waals surface area contributed by atoms with E-state index in [1.54, 1.807) is 19.2 Å². The number of benzene rings is 1. The number of hydrogen-bond acceptors (Lipinski definition) is 6. The molecule has 1 aliphatic rings. The Morgan fingerprint density at radius 3 is 2.63 bits per heavy atom. The van der Waals surface area contributed by atoms with E-state index in [0.717, 1.165) is 36.8 Å². The normalized spacial score (nSPS) is 21.5. The Labute approximate surface area is 180 Å². The predicted octanol–water partition coefficient (Wildman–Crippen LogP) is 3.25. The Balaban J connectivity index is 2.36. The molecule has 7 nitrogen and oxygen atoms in total. The number of carbonyl (C=O) groups is 1. The van der Waals surface area contributed by atoms with Gasteiger partial charge in [0.15, 0.2) is 9.84 Å². The number of hydrogen-bond donors (Lipinski definition) is 3. The van der Waals surface area contributed by atoms with Gasteiger partial charge in [-0.05, 0) is 37.0 Å². The molecule has 0 fully saturated rings. The van der Waals surface area contributed by atoms with Crippen LogP contribution in [0.25, 0.3) is 0 Å². The van der Waals surface area contributed by atoms with E-state index in [9.17, 15) is 13.2 Å². The number of aliphatic carboxylic acids is 1. The minimum absolute atomic E-state index is 0.0163. The molecule has 8 heteroatoms. The summed E-state index contributed by atoms with van der Waals surface area (Å²) >= 11 is 0. The zero-order valence-electron chi connectivity index (χ0n) is 18.6. The molecule has 3 N–H and O–H groups in total. The van der Waals surface area contributed by atoms with Crippen LogP contribution in [0.4, 0.5) is 0 Å².